The van der Waals surface area contributed by atoms with Gasteiger partial charge in [-0.15, -0.1) is 0 Å². The molecule has 0 saturated carbocycles. The number of H-pyrrole nitrogens is 1. The Morgan fingerprint density at radius 3 is 2.26 bits per heavy atom. The summed E-state index contributed by atoms with van der Waals surface area (Å²) >= 11 is 0. The van der Waals surface area contributed by atoms with E-state index >= 15 is 0 Å². The van der Waals surface area contributed by atoms with Crippen molar-refractivity contribution in [2.24, 2.45) is 5.73 Å². The summed E-state index contributed by atoms with van der Waals surface area (Å²) in [4.78, 5) is 28.4. The molecule has 122 valence electrons. The van der Waals surface area contributed by atoms with Crippen LogP contribution >= 0.6 is 0 Å². The monoisotopic (exact) mass is 317 g/mol. The molecule has 0 fully saturated rings. The van der Waals surface area contributed by atoms with E-state index in [0.29, 0.717) is 12.1 Å². The first kappa shape index (κ1) is 18.1. The first-order chi connectivity index (χ1) is 11.0. The highest BCUT2D eigenvalue weighted by atomic mass is 16.4. The van der Waals surface area contributed by atoms with Crippen molar-refractivity contribution in [2.75, 3.05) is 6.54 Å². The Balaban J connectivity index is 0.000000277. The SMILES string of the molecule is C/C(C(=O)O)=C(/C(=O)O)c1ccccc1.NCCc1cnc[nH]1. The molecule has 0 radical (unpaired) electrons. The predicted molar refractivity (Wildman–Crippen MR) is 85.7 cm³/mol. The molecule has 0 atom stereocenters. The minimum absolute atomic E-state index is 0.172. The van der Waals surface area contributed by atoms with Crippen molar-refractivity contribution in [1.82, 2.24) is 9.97 Å². The Labute approximate surface area is 133 Å². The number of nitrogens with zero attached hydrogens (tertiary/aromatic N) is 1. The summed E-state index contributed by atoms with van der Waals surface area (Å²) < 4.78 is 0. The smallest absolute Gasteiger partial charge is 0.336 e. The van der Waals surface area contributed by atoms with E-state index in [2.05, 4.69) is 9.97 Å². The van der Waals surface area contributed by atoms with Crippen LogP contribution in [0.25, 0.3) is 5.57 Å². The molecule has 7 nitrogen and oxygen atoms in total. The van der Waals surface area contributed by atoms with Crippen LogP contribution in [0.4, 0.5) is 0 Å². The molecule has 23 heavy (non-hydrogen) atoms. The van der Waals surface area contributed by atoms with Gasteiger partial charge in [-0.05, 0) is 19.0 Å². The molecule has 1 aromatic heterocycles. The second-order valence-corrected chi connectivity index (χ2v) is 4.59. The Kier molecular flexibility index (Phi) is 7.22. The van der Waals surface area contributed by atoms with Gasteiger partial charge in [0.25, 0.3) is 0 Å². The topological polar surface area (TPSA) is 129 Å². The molecule has 1 aromatic carbocycles. The molecule has 0 aliphatic rings. The number of carbonyl (C=O) groups is 2. The largest absolute Gasteiger partial charge is 0.478 e. The fourth-order valence-corrected chi connectivity index (χ4v) is 1.79. The van der Waals surface area contributed by atoms with Gasteiger partial charge in [0.1, 0.15) is 0 Å². The Hall–Kier alpha value is -2.93. The van der Waals surface area contributed by atoms with Crippen molar-refractivity contribution in [1.29, 1.82) is 0 Å². The van der Waals surface area contributed by atoms with E-state index in [0.717, 1.165) is 12.1 Å². The number of hydrogen-bond donors (Lipinski definition) is 4. The molecule has 2 aromatic rings. The minimum Gasteiger partial charge on any atom is -0.478 e. The van der Waals surface area contributed by atoms with Gasteiger partial charge in [0, 0.05) is 23.9 Å². The van der Waals surface area contributed by atoms with Crippen molar-refractivity contribution in [3.63, 3.8) is 0 Å². The number of rotatable bonds is 5. The fraction of sp³-hybridized carbons (Fsp3) is 0.188. The fourth-order valence-electron chi connectivity index (χ4n) is 1.79. The third kappa shape index (κ3) is 5.76. The van der Waals surface area contributed by atoms with Gasteiger partial charge in [0.05, 0.1) is 11.9 Å². The van der Waals surface area contributed by atoms with Gasteiger partial charge in [-0.1, -0.05) is 30.3 Å². The maximum absolute atomic E-state index is 10.9. The molecule has 0 amide bonds. The van der Waals surface area contributed by atoms with Gasteiger partial charge < -0.3 is 20.9 Å². The molecule has 2 rings (SSSR count). The molecular formula is C16H19N3O4. The second kappa shape index (κ2) is 9.16. The minimum atomic E-state index is -1.24. The van der Waals surface area contributed by atoms with E-state index in [1.165, 1.54) is 6.92 Å². The van der Waals surface area contributed by atoms with E-state index in [4.69, 9.17) is 15.9 Å². The van der Waals surface area contributed by atoms with Gasteiger partial charge in [-0.25, -0.2) is 14.6 Å². The van der Waals surface area contributed by atoms with E-state index in [-0.39, 0.29) is 11.1 Å². The lowest BCUT2D eigenvalue weighted by Gasteiger charge is -2.04. The summed E-state index contributed by atoms with van der Waals surface area (Å²) in [5.41, 5.74) is 6.42. The van der Waals surface area contributed by atoms with Crippen LogP contribution in [0, 0.1) is 0 Å². The van der Waals surface area contributed by atoms with Crippen LogP contribution in [0.15, 0.2) is 48.4 Å². The summed E-state index contributed by atoms with van der Waals surface area (Å²) in [7, 11) is 0. The number of aliphatic carboxylic acids is 2. The van der Waals surface area contributed by atoms with Crippen LogP contribution in [0.5, 0.6) is 0 Å². The zero-order valence-corrected chi connectivity index (χ0v) is 12.7. The van der Waals surface area contributed by atoms with Crippen molar-refractivity contribution in [2.45, 2.75) is 13.3 Å². The van der Waals surface area contributed by atoms with Crippen molar-refractivity contribution in [3.8, 4) is 0 Å². The first-order valence-electron chi connectivity index (χ1n) is 6.87. The zero-order valence-electron chi connectivity index (χ0n) is 12.7. The summed E-state index contributed by atoms with van der Waals surface area (Å²) in [5, 5.41) is 17.7. The Morgan fingerprint density at radius 2 is 1.83 bits per heavy atom. The van der Waals surface area contributed by atoms with Gasteiger partial charge in [0.2, 0.25) is 0 Å². The number of nitrogens with one attached hydrogen (secondary N) is 1. The summed E-state index contributed by atoms with van der Waals surface area (Å²) in [6, 6.07) is 8.19. The zero-order chi connectivity index (χ0) is 17.2. The van der Waals surface area contributed by atoms with Crippen molar-refractivity contribution in [3.05, 3.63) is 59.7 Å². The lowest BCUT2D eigenvalue weighted by atomic mass is 10.0. The lowest BCUT2D eigenvalue weighted by molar-refractivity contribution is -0.134. The number of nitrogens with two attached hydrogens (primary N) is 1. The first-order valence-corrected chi connectivity index (χ1v) is 6.87. The molecule has 5 N–H and O–H groups in total. The van der Waals surface area contributed by atoms with Gasteiger partial charge in [0.15, 0.2) is 0 Å². The Bertz CT molecular complexity index is 664. The molecule has 0 saturated heterocycles. The molecule has 7 heteroatoms. The van der Waals surface area contributed by atoms with Crippen LogP contribution in [0.1, 0.15) is 18.2 Å². The Morgan fingerprint density at radius 1 is 1.17 bits per heavy atom. The number of carboxylic acids is 2. The number of hydrogen-bond acceptors (Lipinski definition) is 4. The predicted octanol–water partition coefficient (Wildman–Crippen LogP) is 1.54. The number of imidazole rings is 1. The van der Waals surface area contributed by atoms with E-state index in [1.54, 1.807) is 42.9 Å². The van der Waals surface area contributed by atoms with Crippen LogP contribution in [-0.4, -0.2) is 38.7 Å². The summed E-state index contributed by atoms with van der Waals surface area (Å²) in [6.07, 6.45) is 4.33. The second-order valence-electron chi connectivity index (χ2n) is 4.59. The molecule has 0 spiro atoms. The number of aromatic amines is 1. The molecular weight excluding hydrogens is 298 g/mol. The van der Waals surface area contributed by atoms with E-state index in [9.17, 15) is 9.59 Å². The maximum Gasteiger partial charge on any atom is 0.336 e. The standard InChI is InChI=1S/C11H10O4.C5H9N3/c1-7(10(12)13)9(11(14)15)8-5-3-2-4-6-8;6-2-1-5-3-7-4-8-5/h2-6H,1H3,(H,12,13)(H,14,15);3-4H,1-2,6H2,(H,7,8)/b9-7-;. The number of benzene rings is 1. The van der Waals surface area contributed by atoms with E-state index < -0.39 is 11.9 Å². The van der Waals surface area contributed by atoms with Gasteiger partial charge in [-0.2, -0.15) is 0 Å². The summed E-state index contributed by atoms with van der Waals surface area (Å²) in [6.45, 7) is 1.96. The third-order valence-electron chi connectivity index (χ3n) is 2.94. The highest BCUT2D eigenvalue weighted by Gasteiger charge is 2.17. The third-order valence-corrected chi connectivity index (χ3v) is 2.94. The van der Waals surface area contributed by atoms with Crippen LogP contribution in [0.3, 0.4) is 0 Å². The summed E-state index contributed by atoms with van der Waals surface area (Å²) in [5.74, 6) is -2.46. The van der Waals surface area contributed by atoms with Crippen molar-refractivity contribution >= 4 is 17.5 Å². The normalized spacial score (nSPS) is 11.0. The van der Waals surface area contributed by atoms with Crippen molar-refractivity contribution < 1.29 is 19.8 Å². The molecule has 1 heterocycles. The van der Waals surface area contributed by atoms with Crippen LogP contribution < -0.4 is 5.73 Å². The number of aromatic nitrogens is 2. The van der Waals surface area contributed by atoms with Gasteiger partial charge in [-0.3, -0.25) is 0 Å². The lowest BCUT2D eigenvalue weighted by Crippen LogP contribution is -2.08. The van der Waals surface area contributed by atoms with Gasteiger partial charge >= 0.3 is 11.9 Å². The molecule has 0 bridgehead atoms. The van der Waals surface area contributed by atoms with E-state index in [1.807, 2.05) is 0 Å². The average Bonchev–Trinajstić information content (AvgIpc) is 3.02. The van der Waals surface area contributed by atoms with Crippen LogP contribution in [0.2, 0.25) is 0 Å². The quantitative estimate of drug-likeness (QED) is 0.619. The highest BCUT2D eigenvalue weighted by molar-refractivity contribution is 6.21. The number of carboxylic acid groups (broad SMARTS) is 2. The average molecular weight is 317 g/mol. The highest BCUT2D eigenvalue weighted by Crippen LogP contribution is 2.18. The molecule has 0 unspecified atom stereocenters. The van der Waals surface area contributed by atoms with Crippen LogP contribution in [-0.2, 0) is 16.0 Å². The molecule has 0 aliphatic carbocycles. The molecule has 0 aliphatic heterocycles. The maximum atomic E-state index is 10.9.